The summed E-state index contributed by atoms with van der Waals surface area (Å²) in [5, 5.41) is 0.995. The van der Waals surface area contributed by atoms with E-state index in [0.29, 0.717) is 52.2 Å². The molecule has 0 N–H and O–H groups in total. The minimum absolute atomic E-state index is 0.238. The Morgan fingerprint density at radius 1 is 0.737 bits per heavy atom. The van der Waals surface area contributed by atoms with E-state index in [1.54, 1.807) is 25.2 Å². The number of benzene rings is 3. The van der Waals surface area contributed by atoms with Crippen LogP contribution in [0.2, 0.25) is 10.0 Å². The molecule has 0 aliphatic heterocycles. The van der Waals surface area contributed by atoms with Gasteiger partial charge in [0, 0.05) is 42.8 Å². The predicted octanol–water partition coefficient (Wildman–Crippen LogP) is 4.99. The quantitative estimate of drug-likeness (QED) is 0.274. The van der Waals surface area contributed by atoms with Crippen molar-refractivity contribution in [2.24, 2.45) is 14.1 Å². The predicted molar refractivity (Wildman–Crippen MR) is 152 cm³/mol. The smallest absolute Gasteiger partial charge is 0.316 e. The maximum absolute atomic E-state index is 13.4. The summed E-state index contributed by atoms with van der Waals surface area (Å²) in [5.74, 6) is 0.640. The third-order valence-corrected chi connectivity index (χ3v) is 7.38. The number of aryl methyl sites for hydroxylation is 1. The molecule has 0 atom stereocenters. The van der Waals surface area contributed by atoms with Crippen molar-refractivity contribution in [3.63, 3.8) is 0 Å². The first-order chi connectivity index (χ1) is 18.3. The molecule has 2 heterocycles. The summed E-state index contributed by atoms with van der Waals surface area (Å²) in [6, 6.07) is 25.7. The zero-order chi connectivity index (χ0) is 26.8. The van der Waals surface area contributed by atoms with Gasteiger partial charge in [0.1, 0.15) is 5.82 Å². The van der Waals surface area contributed by atoms with Crippen molar-refractivity contribution in [3.05, 3.63) is 132 Å². The highest BCUT2D eigenvalue weighted by molar-refractivity contribution is 6.36. The average molecular weight is 548 g/mol. The molecule has 0 spiro atoms. The lowest BCUT2D eigenvalue weighted by atomic mass is 10.1. The zero-order valence-electron chi connectivity index (χ0n) is 21.1. The van der Waals surface area contributed by atoms with Crippen LogP contribution in [0, 0.1) is 0 Å². The van der Waals surface area contributed by atoms with E-state index in [4.69, 9.17) is 28.2 Å². The highest BCUT2D eigenvalue weighted by atomic mass is 35.5. The Bertz CT molecular complexity index is 1650. The summed E-state index contributed by atoms with van der Waals surface area (Å²) in [7, 11) is 3.10. The lowest BCUT2D eigenvalue weighted by Gasteiger charge is -2.23. The van der Waals surface area contributed by atoms with Crippen molar-refractivity contribution in [1.82, 2.24) is 23.6 Å². The Labute approximate surface area is 230 Å². The second-order valence-electron chi connectivity index (χ2n) is 9.31. The summed E-state index contributed by atoms with van der Waals surface area (Å²) in [6.45, 7) is 2.01. The third kappa shape index (κ3) is 5.18. The van der Waals surface area contributed by atoms with Gasteiger partial charge in [-0.05, 0) is 23.3 Å². The normalized spacial score (nSPS) is 11.5. The largest absolute Gasteiger partial charge is 0.332 e. The first-order valence-electron chi connectivity index (χ1n) is 12.2. The summed E-state index contributed by atoms with van der Waals surface area (Å²) in [4.78, 5) is 33.2. The van der Waals surface area contributed by atoms with E-state index in [2.05, 4.69) is 29.2 Å². The molecule has 2 aromatic heterocycles. The van der Waals surface area contributed by atoms with Crippen LogP contribution >= 0.6 is 23.2 Å². The number of halogens is 2. The van der Waals surface area contributed by atoms with E-state index < -0.39 is 11.2 Å². The lowest BCUT2D eigenvalue weighted by molar-refractivity contribution is 0.238. The Morgan fingerprint density at radius 2 is 1.29 bits per heavy atom. The van der Waals surface area contributed by atoms with Gasteiger partial charge in [-0.2, -0.15) is 0 Å². The van der Waals surface area contributed by atoms with Gasteiger partial charge in [-0.3, -0.25) is 18.8 Å². The molecule has 38 heavy (non-hydrogen) atoms. The van der Waals surface area contributed by atoms with Gasteiger partial charge in [-0.15, -0.1) is 0 Å². The molecule has 9 heteroatoms. The van der Waals surface area contributed by atoms with Crippen LogP contribution in [0.25, 0.3) is 11.2 Å². The van der Waals surface area contributed by atoms with E-state index in [0.717, 1.165) is 15.7 Å². The van der Waals surface area contributed by atoms with Gasteiger partial charge in [0.15, 0.2) is 11.2 Å². The molecule has 0 unspecified atom stereocenters. The molecule has 194 valence electrons. The third-order valence-electron chi connectivity index (χ3n) is 6.67. The molecule has 5 rings (SSSR count). The van der Waals surface area contributed by atoms with Gasteiger partial charge < -0.3 is 4.57 Å². The van der Waals surface area contributed by atoms with Crippen LogP contribution in [0.3, 0.4) is 0 Å². The summed E-state index contributed by atoms with van der Waals surface area (Å²) >= 11 is 13.1. The molecule has 7 nitrogen and oxygen atoms in total. The fraction of sp³-hybridized carbons (Fsp3) is 0.207. The van der Waals surface area contributed by atoms with Gasteiger partial charge >= 0.3 is 5.69 Å². The number of hydrogen-bond donors (Lipinski definition) is 0. The van der Waals surface area contributed by atoms with Crippen LogP contribution in [0.15, 0.2) is 88.5 Å². The minimum Gasteiger partial charge on any atom is -0.316 e. The fourth-order valence-electron chi connectivity index (χ4n) is 4.68. The molecule has 0 saturated heterocycles. The van der Waals surface area contributed by atoms with Crippen LogP contribution in [-0.4, -0.2) is 23.6 Å². The van der Waals surface area contributed by atoms with E-state index in [-0.39, 0.29) is 6.54 Å². The van der Waals surface area contributed by atoms with Crippen LogP contribution in [0.1, 0.15) is 22.5 Å². The molecule has 5 aromatic rings. The molecule has 0 bridgehead atoms. The van der Waals surface area contributed by atoms with Crippen LogP contribution < -0.4 is 11.2 Å². The number of aromatic nitrogens is 4. The van der Waals surface area contributed by atoms with Crippen molar-refractivity contribution in [1.29, 1.82) is 0 Å². The Kier molecular flexibility index (Phi) is 7.51. The van der Waals surface area contributed by atoms with E-state index >= 15 is 0 Å². The lowest BCUT2D eigenvalue weighted by Crippen LogP contribution is -2.37. The Hall–Kier alpha value is -3.65. The molecule has 0 fully saturated rings. The van der Waals surface area contributed by atoms with Crippen LogP contribution in [0.5, 0.6) is 0 Å². The number of imidazole rings is 1. The van der Waals surface area contributed by atoms with Crippen LogP contribution in [0.4, 0.5) is 0 Å². The maximum atomic E-state index is 13.4. The maximum Gasteiger partial charge on any atom is 0.332 e. The zero-order valence-corrected chi connectivity index (χ0v) is 22.7. The van der Waals surface area contributed by atoms with Gasteiger partial charge in [-0.25, -0.2) is 9.78 Å². The monoisotopic (exact) mass is 547 g/mol. The first-order valence-corrected chi connectivity index (χ1v) is 13.0. The molecular weight excluding hydrogens is 521 g/mol. The van der Waals surface area contributed by atoms with E-state index in [1.165, 1.54) is 11.6 Å². The van der Waals surface area contributed by atoms with E-state index in [9.17, 15) is 9.59 Å². The van der Waals surface area contributed by atoms with E-state index in [1.807, 2.05) is 41.0 Å². The molecular formula is C29H27Cl2N5O2. The number of rotatable bonds is 8. The summed E-state index contributed by atoms with van der Waals surface area (Å²) < 4.78 is 4.35. The number of fused-ring (bicyclic) bond motifs is 1. The second-order valence-corrected chi connectivity index (χ2v) is 10.1. The molecule has 3 aromatic carbocycles. The number of nitrogens with zero attached hydrogens (tertiary/aromatic N) is 5. The second kappa shape index (κ2) is 11.0. The van der Waals surface area contributed by atoms with Crippen molar-refractivity contribution in [2.45, 2.75) is 26.2 Å². The van der Waals surface area contributed by atoms with Gasteiger partial charge in [-0.1, -0.05) is 89.9 Å². The average Bonchev–Trinajstić information content (AvgIpc) is 3.27. The summed E-state index contributed by atoms with van der Waals surface area (Å²) in [6.07, 6.45) is 0. The van der Waals surface area contributed by atoms with Crippen molar-refractivity contribution in [2.75, 3.05) is 0 Å². The standard InChI is InChI=1S/C29H27Cl2N5O2/c1-33-27-26(28(37)34(2)29(33)38)36(18-22-23(30)14-9-15-24(22)31)25(32-27)19-35(16-20-10-5-3-6-11-20)17-21-12-7-4-8-13-21/h3-15H,16-19H2,1-2H3. The fourth-order valence-corrected chi connectivity index (χ4v) is 5.19. The van der Waals surface area contributed by atoms with Gasteiger partial charge in [0.25, 0.3) is 5.56 Å². The van der Waals surface area contributed by atoms with Crippen molar-refractivity contribution >= 4 is 34.4 Å². The summed E-state index contributed by atoms with van der Waals surface area (Å²) in [5.41, 5.74) is 2.82. The molecule has 0 saturated carbocycles. The molecule has 0 aliphatic carbocycles. The van der Waals surface area contributed by atoms with Gasteiger partial charge in [0.2, 0.25) is 0 Å². The topological polar surface area (TPSA) is 65.1 Å². The Balaban J connectivity index is 1.65. The van der Waals surface area contributed by atoms with Crippen molar-refractivity contribution in [3.8, 4) is 0 Å². The van der Waals surface area contributed by atoms with Crippen molar-refractivity contribution < 1.29 is 0 Å². The Morgan fingerprint density at radius 3 is 1.84 bits per heavy atom. The first kappa shape index (κ1) is 26.0. The molecule has 0 aliphatic rings. The highest BCUT2D eigenvalue weighted by Gasteiger charge is 2.22. The molecule has 0 amide bonds. The van der Waals surface area contributed by atoms with Gasteiger partial charge in [0.05, 0.1) is 13.1 Å². The minimum atomic E-state index is -0.431. The number of hydrogen-bond acceptors (Lipinski definition) is 4. The highest BCUT2D eigenvalue weighted by Crippen LogP contribution is 2.27. The SMILES string of the molecule is Cn1c(=O)c2c(nc(CN(Cc3ccccc3)Cc3ccccc3)n2Cc2c(Cl)cccc2Cl)n(C)c1=O. The van der Waals surface area contributed by atoms with Crippen LogP contribution in [-0.2, 0) is 40.3 Å². The molecule has 0 radical (unpaired) electrons.